The molecule has 0 amide bonds. The highest BCUT2D eigenvalue weighted by atomic mass is 31.2. The summed E-state index contributed by atoms with van der Waals surface area (Å²) in [5, 5.41) is 10.7. The molecule has 5 atom stereocenters. The molecule has 2 unspecified atom stereocenters. The quantitative estimate of drug-likeness (QED) is 0.0222. The third kappa shape index (κ3) is 78.2. The van der Waals surface area contributed by atoms with Crippen LogP contribution in [0.3, 0.4) is 0 Å². The standard InChI is InChI=1S/C85H166O17P2/c1-7-9-11-13-15-17-19-21-22-23-24-25-26-31-34-38-45-51-57-63-69-84(89)101-80(73-96-83(88)68-62-56-50-44-37-33-30-28-27-29-32-35-41-47-53-59-65-77(3)4)75-99-103(91,92)97-71-79(86)72-98-104(93,94)100-76-81(74-95-82(87)67-61-55-49-43-36-20-18-16-14-12-10-8-2)102-85(90)70-64-58-52-46-40-39-42-48-54-60-66-78(5)6/h77-81,86H,7-76H2,1-6H3,(H,91,92)(H,93,94)/t79-,80-,81-/m1/s1. The average molecular weight is 1520 g/mol. The number of carbonyl (C=O) groups excluding carboxylic acids is 4. The van der Waals surface area contributed by atoms with Crippen LogP contribution in [0.15, 0.2) is 0 Å². The van der Waals surface area contributed by atoms with Gasteiger partial charge >= 0.3 is 39.5 Å². The molecule has 0 heterocycles. The number of hydrogen-bond acceptors (Lipinski definition) is 15. The predicted molar refractivity (Wildman–Crippen MR) is 428 cm³/mol. The fourth-order valence-corrected chi connectivity index (χ4v) is 14.8. The zero-order valence-electron chi connectivity index (χ0n) is 68.3. The van der Waals surface area contributed by atoms with Crippen molar-refractivity contribution in [3.63, 3.8) is 0 Å². The molecule has 0 aliphatic rings. The zero-order valence-corrected chi connectivity index (χ0v) is 70.1. The van der Waals surface area contributed by atoms with Crippen LogP contribution in [-0.2, 0) is 65.4 Å². The fraction of sp³-hybridized carbons (Fsp3) is 0.953. The number of phosphoric ester groups is 2. The molecule has 618 valence electrons. The van der Waals surface area contributed by atoms with Crippen molar-refractivity contribution in [2.75, 3.05) is 39.6 Å². The summed E-state index contributed by atoms with van der Waals surface area (Å²) >= 11 is 0. The molecular weight excluding hydrogens is 1350 g/mol. The summed E-state index contributed by atoms with van der Waals surface area (Å²) in [7, 11) is -9.93. The van der Waals surface area contributed by atoms with Gasteiger partial charge in [-0.05, 0) is 37.5 Å². The molecule has 0 aliphatic heterocycles. The normalized spacial score (nSPS) is 13.8. The Hall–Kier alpha value is -1.94. The highest BCUT2D eigenvalue weighted by Crippen LogP contribution is 2.45. The van der Waals surface area contributed by atoms with Gasteiger partial charge in [0.25, 0.3) is 0 Å². The second kappa shape index (κ2) is 76.4. The van der Waals surface area contributed by atoms with Gasteiger partial charge in [0.1, 0.15) is 19.3 Å². The molecule has 0 bridgehead atoms. The SMILES string of the molecule is CCCCCCCCCCCCCCCCCCCCCCC(=O)O[C@H](COC(=O)CCCCCCCCCCCCCCCCCCC(C)C)COP(=O)(O)OC[C@@H](O)COP(=O)(O)OC[C@@H](COC(=O)CCCCCCCCCCCCCC)OC(=O)CCCCCCCCCCCCC(C)C. The van der Waals surface area contributed by atoms with Gasteiger partial charge in [-0.25, -0.2) is 9.13 Å². The molecular formula is C85H166O17P2. The van der Waals surface area contributed by atoms with Crippen LogP contribution in [0.25, 0.3) is 0 Å². The Morgan fingerprint density at radius 2 is 0.442 bits per heavy atom. The number of aliphatic hydroxyl groups is 1. The lowest BCUT2D eigenvalue weighted by Gasteiger charge is -2.21. The molecule has 104 heavy (non-hydrogen) atoms. The Morgan fingerprint density at radius 3 is 0.654 bits per heavy atom. The van der Waals surface area contributed by atoms with Gasteiger partial charge in [0.15, 0.2) is 12.2 Å². The molecule has 0 saturated heterocycles. The molecule has 0 saturated carbocycles. The molecule has 0 fully saturated rings. The number of hydrogen-bond donors (Lipinski definition) is 3. The van der Waals surface area contributed by atoms with E-state index in [0.717, 1.165) is 102 Å². The number of ether oxygens (including phenoxy) is 4. The summed E-state index contributed by atoms with van der Waals surface area (Å²) < 4.78 is 68.9. The maximum absolute atomic E-state index is 13.1. The van der Waals surface area contributed by atoms with Crippen molar-refractivity contribution in [2.24, 2.45) is 11.8 Å². The van der Waals surface area contributed by atoms with Crippen LogP contribution < -0.4 is 0 Å². The summed E-state index contributed by atoms with van der Waals surface area (Å²) in [5.41, 5.74) is 0. The Balaban J connectivity index is 5.24. The number of esters is 4. The van der Waals surface area contributed by atoms with E-state index < -0.39 is 97.5 Å². The average Bonchev–Trinajstić information content (AvgIpc) is 0.911. The van der Waals surface area contributed by atoms with E-state index in [1.54, 1.807) is 0 Å². The molecule has 0 aromatic carbocycles. The first-order chi connectivity index (χ1) is 50.4. The van der Waals surface area contributed by atoms with Gasteiger partial charge in [0.2, 0.25) is 0 Å². The second-order valence-electron chi connectivity index (χ2n) is 31.5. The number of carbonyl (C=O) groups is 4. The first-order valence-electron chi connectivity index (χ1n) is 44.0. The molecule has 0 radical (unpaired) electrons. The lowest BCUT2D eigenvalue weighted by molar-refractivity contribution is -0.161. The predicted octanol–water partition coefficient (Wildman–Crippen LogP) is 25.8. The van der Waals surface area contributed by atoms with E-state index in [2.05, 4.69) is 41.5 Å². The van der Waals surface area contributed by atoms with Crippen molar-refractivity contribution in [1.29, 1.82) is 0 Å². The molecule has 0 aromatic heterocycles. The van der Waals surface area contributed by atoms with Gasteiger partial charge in [0.05, 0.1) is 26.4 Å². The third-order valence-electron chi connectivity index (χ3n) is 20.0. The van der Waals surface area contributed by atoms with Crippen molar-refractivity contribution in [2.45, 2.75) is 471 Å². The number of rotatable bonds is 84. The first kappa shape index (κ1) is 102. The number of phosphoric acid groups is 2. The minimum atomic E-state index is -4.97. The Morgan fingerprint density at radius 1 is 0.260 bits per heavy atom. The molecule has 0 aliphatic carbocycles. The number of unbranched alkanes of at least 4 members (excludes halogenated alkanes) is 54. The van der Waals surface area contributed by atoms with Crippen molar-refractivity contribution in [3.05, 3.63) is 0 Å². The van der Waals surface area contributed by atoms with E-state index in [0.29, 0.717) is 25.7 Å². The molecule has 17 nitrogen and oxygen atoms in total. The molecule has 19 heteroatoms. The highest BCUT2D eigenvalue weighted by Gasteiger charge is 2.30. The van der Waals surface area contributed by atoms with Crippen molar-refractivity contribution in [3.8, 4) is 0 Å². The van der Waals surface area contributed by atoms with Gasteiger partial charge in [-0.2, -0.15) is 0 Å². The van der Waals surface area contributed by atoms with E-state index in [-0.39, 0.29) is 25.7 Å². The lowest BCUT2D eigenvalue weighted by atomic mass is 10.0. The monoisotopic (exact) mass is 1520 g/mol. The van der Waals surface area contributed by atoms with Crippen LogP contribution in [0.1, 0.15) is 452 Å². The van der Waals surface area contributed by atoms with Crippen LogP contribution in [0.2, 0.25) is 0 Å². The van der Waals surface area contributed by atoms with Crippen LogP contribution in [0, 0.1) is 11.8 Å². The Kier molecular flexibility index (Phi) is 75.0. The molecule has 0 aromatic rings. The Labute approximate surface area is 638 Å². The highest BCUT2D eigenvalue weighted by molar-refractivity contribution is 7.47. The van der Waals surface area contributed by atoms with E-state index in [4.69, 9.17) is 37.0 Å². The molecule has 0 spiro atoms. The summed E-state index contributed by atoms with van der Waals surface area (Å²) in [6.45, 7) is 9.68. The van der Waals surface area contributed by atoms with E-state index >= 15 is 0 Å². The number of aliphatic hydroxyl groups excluding tert-OH is 1. The van der Waals surface area contributed by atoms with Crippen molar-refractivity contribution < 1.29 is 80.2 Å². The maximum atomic E-state index is 13.1. The van der Waals surface area contributed by atoms with Crippen LogP contribution >= 0.6 is 15.6 Å². The topological polar surface area (TPSA) is 237 Å². The maximum Gasteiger partial charge on any atom is 0.472 e. The van der Waals surface area contributed by atoms with Gasteiger partial charge < -0.3 is 33.8 Å². The second-order valence-corrected chi connectivity index (χ2v) is 34.4. The lowest BCUT2D eigenvalue weighted by Crippen LogP contribution is -2.30. The van der Waals surface area contributed by atoms with Crippen molar-refractivity contribution in [1.82, 2.24) is 0 Å². The Bertz CT molecular complexity index is 1990. The smallest absolute Gasteiger partial charge is 0.462 e. The first-order valence-corrected chi connectivity index (χ1v) is 47.0. The van der Waals surface area contributed by atoms with Crippen LogP contribution in [-0.4, -0.2) is 96.7 Å². The minimum absolute atomic E-state index is 0.107. The fourth-order valence-electron chi connectivity index (χ4n) is 13.2. The zero-order chi connectivity index (χ0) is 76.4. The van der Waals surface area contributed by atoms with Gasteiger partial charge in [-0.1, -0.05) is 401 Å². The largest absolute Gasteiger partial charge is 0.472 e. The van der Waals surface area contributed by atoms with E-state index in [9.17, 15) is 43.2 Å². The van der Waals surface area contributed by atoms with Crippen molar-refractivity contribution >= 4 is 39.5 Å². The van der Waals surface area contributed by atoms with E-state index in [1.807, 2.05) is 0 Å². The summed E-state index contributed by atoms with van der Waals surface area (Å²) in [4.78, 5) is 73.2. The van der Waals surface area contributed by atoms with E-state index in [1.165, 1.54) is 270 Å². The summed E-state index contributed by atoms with van der Waals surface area (Å²) in [5.74, 6) is -0.538. The molecule has 0 rings (SSSR count). The third-order valence-corrected chi connectivity index (χ3v) is 21.9. The van der Waals surface area contributed by atoms with Gasteiger partial charge in [-0.3, -0.25) is 37.3 Å². The summed E-state index contributed by atoms with van der Waals surface area (Å²) in [6.07, 6.45) is 68.0. The van der Waals surface area contributed by atoms with Gasteiger partial charge in [0, 0.05) is 25.7 Å². The molecule has 3 N–H and O–H groups in total. The summed E-state index contributed by atoms with van der Waals surface area (Å²) in [6, 6.07) is 0. The van der Waals surface area contributed by atoms with Crippen LogP contribution in [0.4, 0.5) is 0 Å². The van der Waals surface area contributed by atoms with Crippen LogP contribution in [0.5, 0.6) is 0 Å². The minimum Gasteiger partial charge on any atom is -0.462 e. The van der Waals surface area contributed by atoms with Gasteiger partial charge in [-0.15, -0.1) is 0 Å².